The summed E-state index contributed by atoms with van der Waals surface area (Å²) in [6, 6.07) is 1.79. The Bertz CT molecular complexity index is 583. The van der Waals surface area contributed by atoms with Crippen LogP contribution in [0, 0.1) is 11.3 Å². The summed E-state index contributed by atoms with van der Waals surface area (Å²) < 4.78 is 0.800. The van der Waals surface area contributed by atoms with Crippen LogP contribution in [0.1, 0.15) is 44.0 Å². The predicted octanol–water partition coefficient (Wildman–Crippen LogP) is 2.86. The van der Waals surface area contributed by atoms with Crippen LogP contribution in [0.3, 0.4) is 0 Å². The number of amides is 2. The second-order valence-electron chi connectivity index (χ2n) is 7.11. The number of piperidine rings is 1. The van der Waals surface area contributed by atoms with Gasteiger partial charge in [0.25, 0.3) is 5.91 Å². The Morgan fingerprint density at radius 3 is 2.78 bits per heavy atom. The summed E-state index contributed by atoms with van der Waals surface area (Å²) in [5.74, 6) is 0.363. The summed E-state index contributed by atoms with van der Waals surface area (Å²) >= 11 is 3.34. The molecule has 5 nitrogen and oxygen atoms in total. The fourth-order valence-electron chi connectivity index (χ4n) is 2.63. The van der Waals surface area contributed by atoms with E-state index in [2.05, 4.69) is 26.2 Å². The van der Waals surface area contributed by atoms with Gasteiger partial charge in [-0.05, 0) is 40.8 Å². The minimum absolute atomic E-state index is 0.00523. The lowest BCUT2D eigenvalue weighted by atomic mass is 9.94. The third kappa shape index (κ3) is 5.03. The average Bonchev–Trinajstić information content (AvgIpc) is 2.51. The summed E-state index contributed by atoms with van der Waals surface area (Å²) in [5.41, 5.74) is 0.213. The lowest BCUT2D eigenvalue weighted by Gasteiger charge is -2.33. The lowest BCUT2D eigenvalue weighted by Crippen LogP contribution is -2.45. The number of carbonyl (C=O) groups excluding carboxylic acids is 2. The van der Waals surface area contributed by atoms with Gasteiger partial charge < -0.3 is 10.2 Å². The zero-order valence-corrected chi connectivity index (χ0v) is 15.5. The number of hydrogen-bond donors (Lipinski definition) is 1. The van der Waals surface area contributed by atoms with Gasteiger partial charge in [-0.2, -0.15) is 0 Å². The van der Waals surface area contributed by atoms with Gasteiger partial charge in [0.2, 0.25) is 5.91 Å². The molecular weight excluding hydrogens is 358 g/mol. The first kappa shape index (κ1) is 17.9. The molecule has 0 bridgehead atoms. The maximum atomic E-state index is 12.6. The maximum Gasteiger partial charge on any atom is 0.255 e. The van der Waals surface area contributed by atoms with Crippen molar-refractivity contribution in [1.29, 1.82) is 0 Å². The molecule has 0 spiro atoms. The monoisotopic (exact) mass is 381 g/mol. The van der Waals surface area contributed by atoms with Gasteiger partial charge in [-0.3, -0.25) is 14.6 Å². The van der Waals surface area contributed by atoms with Crippen molar-refractivity contribution in [3.05, 3.63) is 28.5 Å². The van der Waals surface area contributed by atoms with Crippen LogP contribution in [0.25, 0.3) is 0 Å². The van der Waals surface area contributed by atoms with E-state index in [0.717, 1.165) is 23.9 Å². The third-order valence-corrected chi connectivity index (χ3v) is 4.42. The smallest absolute Gasteiger partial charge is 0.255 e. The van der Waals surface area contributed by atoms with E-state index in [4.69, 9.17) is 0 Å². The normalized spacial score (nSPS) is 18.6. The van der Waals surface area contributed by atoms with Crippen molar-refractivity contribution in [2.45, 2.75) is 33.6 Å². The Hall–Kier alpha value is -1.43. The van der Waals surface area contributed by atoms with Crippen LogP contribution < -0.4 is 5.32 Å². The van der Waals surface area contributed by atoms with Gasteiger partial charge in [-0.1, -0.05) is 20.8 Å². The van der Waals surface area contributed by atoms with E-state index >= 15 is 0 Å². The molecule has 0 saturated carbocycles. The minimum atomic E-state index is -0.383. The summed E-state index contributed by atoms with van der Waals surface area (Å²) in [7, 11) is 0. The number of rotatable bonds is 3. The molecule has 1 aliphatic rings. The summed E-state index contributed by atoms with van der Waals surface area (Å²) in [6.07, 6.45) is 5.25. The number of hydrogen-bond acceptors (Lipinski definition) is 3. The van der Waals surface area contributed by atoms with Crippen molar-refractivity contribution in [3.63, 3.8) is 0 Å². The number of aromatic nitrogens is 1. The highest BCUT2D eigenvalue weighted by atomic mass is 79.9. The van der Waals surface area contributed by atoms with Crippen LogP contribution in [-0.2, 0) is 4.79 Å². The van der Waals surface area contributed by atoms with Crippen molar-refractivity contribution in [2.75, 3.05) is 19.6 Å². The molecule has 1 saturated heterocycles. The van der Waals surface area contributed by atoms with E-state index in [1.54, 1.807) is 18.5 Å². The summed E-state index contributed by atoms with van der Waals surface area (Å²) in [6.45, 7) is 7.76. The molecule has 2 amide bonds. The van der Waals surface area contributed by atoms with Crippen LogP contribution in [0.4, 0.5) is 0 Å². The number of halogens is 1. The number of nitrogens with one attached hydrogen (secondary N) is 1. The first-order chi connectivity index (χ1) is 10.8. The van der Waals surface area contributed by atoms with Crippen LogP contribution in [0.2, 0.25) is 0 Å². The molecule has 0 radical (unpaired) electrons. The summed E-state index contributed by atoms with van der Waals surface area (Å²) in [5, 5.41) is 3.00. The Balaban J connectivity index is 1.93. The zero-order chi connectivity index (χ0) is 17.0. The van der Waals surface area contributed by atoms with Crippen molar-refractivity contribution in [2.24, 2.45) is 11.3 Å². The topological polar surface area (TPSA) is 62.3 Å². The molecule has 6 heteroatoms. The second kappa shape index (κ2) is 7.43. The van der Waals surface area contributed by atoms with E-state index in [-0.39, 0.29) is 17.2 Å². The zero-order valence-electron chi connectivity index (χ0n) is 13.9. The molecule has 0 aromatic carbocycles. The third-order valence-electron chi connectivity index (χ3n) is 3.99. The molecule has 1 unspecified atom stereocenters. The van der Waals surface area contributed by atoms with Gasteiger partial charge in [-0.15, -0.1) is 0 Å². The van der Waals surface area contributed by atoms with E-state index < -0.39 is 0 Å². The van der Waals surface area contributed by atoms with Crippen molar-refractivity contribution < 1.29 is 9.59 Å². The Morgan fingerprint density at radius 2 is 2.13 bits per heavy atom. The highest BCUT2D eigenvalue weighted by molar-refractivity contribution is 9.10. The van der Waals surface area contributed by atoms with Crippen LogP contribution >= 0.6 is 15.9 Å². The molecule has 2 rings (SSSR count). The van der Waals surface area contributed by atoms with Gasteiger partial charge in [0.1, 0.15) is 0 Å². The Morgan fingerprint density at radius 1 is 1.39 bits per heavy atom. The maximum absolute atomic E-state index is 12.6. The summed E-state index contributed by atoms with van der Waals surface area (Å²) in [4.78, 5) is 30.5. The molecule has 1 fully saturated rings. The van der Waals surface area contributed by atoms with E-state index in [0.29, 0.717) is 24.6 Å². The van der Waals surface area contributed by atoms with Crippen LogP contribution in [0.5, 0.6) is 0 Å². The van der Waals surface area contributed by atoms with Gasteiger partial charge >= 0.3 is 0 Å². The van der Waals surface area contributed by atoms with E-state index in [1.165, 1.54) is 0 Å². The molecule has 1 aliphatic heterocycles. The molecule has 1 atom stereocenters. The first-order valence-electron chi connectivity index (χ1n) is 7.95. The first-order valence-corrected chi connectivity index (χ1v) is 8.75. The molecule has 1 aromatic heterocycles. The molecular formula is C17H24BrN3O2. The van der Waals surface area contributed by atoms with Crippen LogP contribution in [-0.4, -0.2) is 41.3 Å². The largest absolute Gasteiger partial charge is 0.355 e. The molecule has 1 N–H and O–H groups in total. The van der Waals surface area contributed by atoms with Crippen molar-refractivity contribution in [1.82, 2.24) is 15.2 Å². The Labute approximate surface area is 146 Å². The van der Waals surface area contributed by atoms with Gasteiger partial charge in [0.15, 0.2) is 0 Å². The molecule has 23 heavy (non-hydrogen) atoms. The fraction of sp³-hybridized carbons (Fsp3) is 0.588. The van der Waals surface area contributed by atoms with Gasteiger partial charge in [-0.25, -0.2) is 0 Å². The standard InChI is InChI=1S/C17H24BrN3O2/c1-17(2,3)16(23)20-8-12-5-4-6-21(11-12)15(22)13-7-14(18)10-19-9-13/h7,9-10,12H,4-6,8,11H2,1-3H3,(H,20,23). The SMILES string of the molecule is CC(C)(C)C(=O)NCC1CCCN(C(=O)c2cncc(Br)c2)C1. The molecule has 0 aliphatic carbocycles. The lowest BCUT2D eigenvalue weighted by molar-refractivity contribution is -0.128. The fourth-order valence-corrected chi connectivity index (χ4v) is 2.99. The average molecular weight is 382 g/mol. The predicted molar refractivity (Wildman–Crippen MR) is 93.0 cm³/mol. The number of likely N-dealkylation sites (tertiary alicyclic amines) is 1. The van der Waals surface area contributed by atoms with Gasteiger partial charge in [0.05, 0.1) is 5.56 Å². The minimum Gasteiger partial charge on any atom is -0.355 e. The number of nitrogens with zero attached hydrogens (tertiary/aromatic N) is 2. The molecule has 2 heterocycles. The van der Waals surface area contributed by atoms with Crippen LogP contribution in [0.15, 0.2) is 22.9 Å². The number of pyridine rings is 1. The van der Waals surface area contributed by atoms with Crippen molar-refractivity contribution >= 4 is 27.7 Å². The van der Waals surface area contributed by atoms with Gasteiger partial charge in [0, 0.05) is 41.9 Å². The quantitative estimate of drug-likeness (QED) is 0.875. The highest BCUT2D eigenvalue weighted by Gasteiger charge is 2.27. The Kier molecular flexibility index (Phi) is 5.79. The highest BCUT2D eigenvalue weighted by Crippen LogP contribution is 2.20. The second-order valence-corrected chi connectivity index (χ2v) is 8.03. The van der Waals surface area contributed by atoms with Crippen molar-refractivity contribution in [3.8, 4) is 0 Å². The molecule has 1 aromatic rings. The molecule has 126 valence electrons. The van der Waals surface area contributed by atoms with E-state index in [9.17, 15) is 9.59 Å². The van der Waals surface area contributed by atoms with E-state index in [1.807, 2.05) is 25.7 Å². The number of carbonyl (C=O) groups is 2.